The number of hydrogen-bond donors (Lipinski definition) is 1. The van der Waals surface area contributed by atoms with Crippen molar-refractivity contribution in [3.8, 4) is 0 Å². The Morgan fingerprint density at radius 2 is 2.00 bits per heavy atom. The molecule has 1 saturated carbocycles. The molecule has 0 spiro atoms. The summed E-state index contributed by atoms with van der Waals surface area (Å²) < 4.78 is 5.00. The third-order valence-electron chi connectivity index (χ3n) is 3.93. The number of rotatable bonds is 5. The van der Waals surface area contributed by atoms with Gasteiger partial charge in [0, 0.05) is 11.4 Å². The Balaban J connectivity index is 1.92. The third-order valence-corrected chi connectivity index (χ3v) is 4.17. The summed E-state index contributed by atoms with van der Waals surface area (Å²) in [4.78, 5) is 26.7. The van der Waals surface area contributed by atoms with E-state index < -0.39 is 12.1 Å². The molecular weight excluding hydrogens is 318 g/mol. The van der Waals surface area contributed by atoms with Crippen LogP contribution >= 0.6 is 11.6 Å². The number of carboxylic acid groups (broad SMARTS) is 1. The van der Waals surface area contributed by atoms with Crippen LogP contribution in [0.3, 0.4) is 0 Å². The first-order valence-corrected chi connectivity index (χ1v) is 8.14. The Labute approximate surface area is 140 Å². The van der Waals surface area contributed by atoms with Gasteiger partial charge in [0.15, 0.2) is 0 Å². The van der Waals surface area contributed by atoms with Gasteiger partial charge in [0.1, 0.15) is 12.3 Å². The number of nitrogens with zero attached hydrogens (tertiary/aromatic N) is 1. The number of carbonyl (C=O) groups excluding carboxylic acids is 1. The van der Waals surface area contributed by atoms with Crippen LogP contribution in [-0.4, -0.2) is 22.9 Å². The van der Waals surface area contributed by atoms with Crippen LogP contribution in [-0.2, 0) is 16.1 Å². The van der Waals surface area contributed by atoms with Gasteiger partial charge in [-0.1, -0.05) is 55.8 Å². The first-order valence-electron chi connectivity index (χ1n) is 7.76. The highest BCUT2D eigenvalue weighted by molar-refractivity contribution is 6.37. The van der Waals surface area contributed by atoms with Gasteiger partial charge in [0.25, 0.3) is 0 Å². The van der Waals surface area contributed by atoms with E-state index in [0.717, 1.165) is 31.2 Å². The minimum Gasteiger partial charge on any atom is -0.477 e. The molecule has 0 aromatic heterocycles. The number of carboxylic acids is 1. The van der Waals surface area contributed by atoms with E-state index in [1.807, 2.05) is 0 Å². The molecule has 1 amide bonds. The maximum absolute atomic E-state index is 11.8. The van der Waals surface area contributed by atoms with Crippen LogP contribution in [0.5, 0.6) is 0 Å². The summed E-state index contributed by atoms with van der Waals surface area (Å²) in [5.74, 6) is -0.866. The normalized spacial score (nSPS) is 16.1. The second kappa shape index (κ2) is 8.67. The van der Waals surface area contributed by atoms with E-state index >= 15 is 0 Å². The zero-order valence-electron chi connectivity index (χ0n) is 12.8. The first kappa shape index (κ1) is 17.5. The molecule has 23 heavy (non-hydrogen) atoms. The van der Waals surface area contributed by atoms with E-state index in [1.54, 1.807) is 24.3 Å². The topological polar surface area (TPSA) is 76.0 Å². The second-order valence-corrected chi connectivity index (χ2v) is 6.19. The van der Waals surface area contributed by atoms with E-state index in [-0.39, 0.29) is 12.3 Å². The highest BCUT2D eigenvalue weighted by Gasteiger charge is 2.21. The molecule has 1 fully saturated rings. The van der Waals surface area contributed by atoms with Gasteiger partial charge in [-0.05, 0) is 23.6 Å². The minimum atomic E-state index is -1.16. The number of carbonyl (C=O) groups is 2. The molecule has 6 heteroatoms. The van der Waals surface area contributed by atoms with Gasteiger partial charge in [0.05, 0.1) is 0 Å². The summed E-state index contributed by atoms with van der Waals surface area (Å²) in [6.45, 7) is 0.0131. The highest BCUT2D eigenvalue weighted by atomic mass is 35.5. The standard InChI is InChI=1S/C17H20ClNO4/c18-14-8-4-7-13(9-14)11-23-17(22)19-15(16(20)21)10-12-5-2-1-3-6-12/h4,7-9,12H,1-3,5-6,10-11H2,(H,20,21). The number of benzene rings is 1. The first-order chi connectivity index (χ1) is 11.0. The molecule has 0 atom stereocenters. The molecule has 1 aromatic carbocycles. The second-order valence-electron chi connectivity index (χ2n) is 5.76. The Morgan fingerprint density at radius 1 is 1.26 bits per heavy atom. The lowest BCUT2D eigenvalue weighted by atomic mass is 9.85. The summed E-state index contributed by atoms with van der Waals surface area (Å²) in [6, 6.07) is 6.92. The Kier molecular flexibility index (Phi) is 6.59. The van der Waals surface area contributed by atoms with Gasteiger partial charge >= 0.3 is 12.1 Å². The summed E-state index contributed by atoms with van der Waals surface area (Å²) >= 11 is 5.85. The maximum Gasteiger partial charge on any atom is 0.434 e. The molecule has 5 nitrogen and oxygen atoms in total. The van der Waals surface area contributed by atoms with Gasteiger partial charge < -0.3 is 9.84 Å². The number of hydrogen-bond acceptors (Lipinski definition) is 3. The van der Waals surface area contributed by atoms with Crippen LogP contribution in [0.15, 0.2) is 29.3 Å². The average molecular weight is 338 g/mol. The maximum atomic E-state index is 11.8. The van der Waals surface area contributed by atoms with E-state index in [2.05, 4.69) is 4.99 Å². The van der Waals surface area contributed by atoms with Crippen LogP contribution < -0.4 is 0 Å². The van der Waals surface area contributed by atoms with Crippen molar-refractivity contribution < 1.29 is 19.4 Å². The van der Waals surface area contributed by atoms with E-state index in [4.69, 9.17) is 16.3 Å². The molecule has 0 saturated heterocycles. The Bertz CT molecular complexity index is 594. The van der Waals surface area contributed by atoms with Gasteiger partial charge in [-0.2, -0.15) is 4.99 Å². The van der Waals surface area contributed by atoms with E-state index in [1.165, 1.54) is 6.42 Å². The zero-order chi connectivity index (χ0) is 16.7. The molecule has 0 heterocycles. The number of aliphatic carboxylic acids is 1. The smallest absolute Gasteiger partial charge is 0.434 e. The lowest BCUT2D eigenvalue weighted by molar-refractivity contribution is -0.129. The van der Waals surface area contributed by atoms with Crippen molar-refractivity contribution in [3.05, 3.63) is 34.9 Å². The summed E-state index contributed by atoms with van der Waals surface area (Å²) in [6.07, 6.45) is 4.83. The Hall–Kier alpha value is -1.88. The number of aliphatic imine (C=N–C) groups is 1. The summed E-state index contributed by atoms with van der Waals surface area (Å²) in [5.41, 5.74) is 0.609. The predicted molar refractivity (Wildman–Crippen MR) is 87.9 cm³/mol. The van der Waals surface area contributed by atoms with Crippen molar-refractivity contribution in [3.63, 3.8) is 0 Å². The molecule has 0 unspecified atom stereocenters. The fraction of sp³-hybridized carbons (Fsp3) is 0.471. The van der Waals surface area contributed by atoms with Crippen LogP contribution in [0, 0.1) is 5.92 Å². The minimum absolute atomic E-state index is 0.0131. The molecule has 2 rings (SSSR count). The Morgan fingerprint density at radius 3 is 2.65 bits per heavy atom. The monoisotopic (exact) mass is 337 g/mol. The van der Waals surface area contributed by atoms with Gasteiger partial charge in [0.2, 0.25) is 0 Å². The van der Waals surface area contributed by atoms with Crippen LogP contribution in [0.4, 0.5) is 4.79 Å². The molecular formula is C17H20ClNO4. The van der Waals surface area contributed by atoms with Crippen molar-refractivity contribution >= 4 is 29.4 Å². The SMILES string of the molecule is O=C(N=C(CC1CCCCC1)C(=O)O)OCc1cccc(Cl)c1. The van der Waals surface area contributed by atoms with Crippen molar-refractivity contribution in [2.75, 3.05) is 0 Å². The molecule has 1 aliphatic carbocycles. The molecule has 0 radical (unpaired) electrons. The molecule has 0 aliphatic heterocycles. The molecule has 124 valence electrons. The molecule has 1 N–H and O–H groups in total. The largest absolute Gasteiger partial charge is 0.477 e. The third kappa shape index (κ3) is 6.02. The van der Waals surface area contributed by atoms with E-state index in [0.29, 0.717) is 17.4 Å². The van der Waals surface area contributed by atoms with Crippen LogP contribution in [0.2, 0.25) is 5.02 Å². The predicted octanol–water partition coefficient (Wildman–Crippen LogP) is 4.47. The highest BCUT2D eigenvalue weighted by Crippen LogP contribution is 2.26. The van der Waals surface area contributed by atoms with Crippen molar-refractivity contribution in [1.82, 2.24) is 0 Å². The summed E-state index contributed by atoms with van der Waals surface area (Å²) in [7, 11) is 0. The average Bonchev–Trinajstić information content (AvgIpc) is 2.53. The quantitative estimate of drug-likeness (QED) is 0.804. The van der Waals surface area contributed by atoms with Gasteiger partial charge in [-0.25, -0.2) is 9.59 Å². The van der Waals surface area contributed by atoms with Crippen molar-refractivity contribution in [2.24, 2.45) is 10.9 Å². The van der Waals surface area contributed by atoms with Crippen molar-refractivity contribution in [1.29, 1.82) is 0 Å². The molecule has 1 aliphatic rings. The molecule has 0 bridgehead atoms. The van der Waals surface area contributed by atoms with Crippen LogP contribution in [0.1, 0.15) is 44.1 Å². The van der Waals surface area contributed by atoms with Crippen LogP contribution in [0.25, 0.3) is 0 Å². The number of amides is 1. The van der Waals surface area contributed by atoms with Gasteiger partial charge in [-0.3, -0.25) is 0 Å². The van der Waals surface area contributed by atoms with E-state index in [9.17, 15) is 14.7 Å². The fourth-order valence-electron chi connectivity index (χ4n) is 2.76. The molecule has 1 aromatic rings. The number of halogens is 1. The zero-order valence-corrected chi connectivity index (χ0v) is 13.6. The summed E-state index contributed by atoms with van der Waals surface area (Å²) in [5, 5.41) is 9.77. The number of ether oxygens (including phenoxy) is 1. The lowest BCUT2D eigenvalue weighted by Gasteiger charge is -2.20. The van der Waals surface area contributed by atoms with Crippen molar-refractivity contribution in [2.45, 2.75) is 45.1 Å². The lowest BCUT2D eigenvalue weighted by Crippen LogP contribution is -2.21. The fourth-order valence-corrected chi connectivity index (χ4v) is 2.97. The van der Waals surface area contributed by atoms with Gasteiger partial charge in [-0.15, -0.1) is 0 Å².